The van der Waals surface area contributed by atoms with Crippen LogP contribution < -0.4 is 18.4 Å². The van der Waals surface area contributed by atoms with Crippen LogP contribution in [0.4, 0.5) is 22.7 Å². The SMILES string of the molecule is C[Si](C)(C)N1c2ccccc2N[Si]1(C)[Si]1(C)Nc2ccccc2N1[Si](C)(C)C. The van der Waals surface area contributed by atoms with E-state index in [2.05, 4.69) is 119 Å². The Morgan fingerprint density at radius 2 is 0.929 bits per heavy atom. The quantitative estimate of drug-likeness (QED) is 0.593. The third-order valence-corrected chi connectivity index (χ3v) is 30.9. The number of rotatable bonds is 3. The van der Waals surface area contributed by atoms with Gasteiger partial charge in [0.1, 0.15) is 16.5 Å². The summed E-state index contributed by atoms with van der Waals surface area (Å²) in [5.41, 5.74) is 5.53. The highest BCUT2D eigenvalue weighted by atomic mass is 29.3. The van der Waals surface area contributed by atoms with Crippen molar-refractivity contribution in [1.82, 2.24) is 0 Å². The molecule has 2 atom stereocenters. The van der Waals surface area contributed by atoms with Crippen LogP contribution in [0.2, 0.25) is 52.4 Å². The van der Waals surface area contributed by atoms with Crippen LogP contribution in [-0.2, 0) is 0 Å². The molecule has 4 nitrogen and oxygen atoms in total. The molecule has 0 saturated heterocycles. The Morgan fingerprint density at radius 1 is 0.607 bits per heavy atom. The summed E-state index contributed by atoms with van der Waals surface area (Å²) in [6.45, 7) is 20.2. The standard InChI is InChI=1S/C20H34N4Si4/c1-25(2,3)23-19-15-11-9-13-17(19)21-27(23,7)28(8)22-18-14-10-12-16-20(18)24(28)26(4,5)6/h9-16,21-22H,1-8H3. The Kier molecular flexibility index (Phi) is 4.25. The molecular formula is C20H34N4Si4. The minimum absolute atomic E-state index is 1.33. The lowest BCUT2D eigenvalue weighted by atomic mass is 10.3. The van der Waals surface area contributed by atoms with Gasteiger partial charge in [-0.3, -0.25) is 0 Å². The molecule has 2 aromatic rings. The second kappa shape index (κ2) is 6.01. The monoisotopic (exact) mass is 442 g/mol. The molecule has 150 valence electrons. The van der Waals surface area contributed by atoms with E-state index in [0.717, 1.165) is 0 Å². The maximum atomic E-state index is 4.17. The van der Waals surface area contributed by atoms with Crippen molar-refractivity contribution in [2.24, 2.45) is 0 Å². The van der Waals surface area contributed by atoms with Crippen molar-refractivity contribution in [2.75, 3.05) is 18.4 Å². The van der Waals surface area contributed by atoms with Gasteiger partial charge in [-0.05, 0) is 37.4 Å². The molecule has 0 fully saturated rings. The van der Waals surface area contributed by atoms with Crippen LogP contribution >= 0.6 is 0 Å². The lowest BCUT2D eigenvalue weighted by Crippen LogP contribution is -2.86. The lowest BCUT2D eigenvalue weighted by Gasteiger charge is -2.55. The van der Waals surface area contributed by atoms with Crippen LogP contribution in [0.1, 0.15) is 0 Å². The third-order valence-electron chi connectivity index (χ3n) is 6.23. The Labute approximate surface area is 174 Å². The van der Waals surface area contributed by atoms with Gasteiger partial charge in [0.05, 0.1) is 0 Å². The fourth-order valence-electron chi connectivity index (χ4n) is 5.41. The molecule has 28 heavy (non-hydrogen) atoms. The highest BCUT2D eigenvalue weighted by Gasteiger charge is 2.67. The topological polar surface area (TPSA) is 30.5 Å². The number of benzene rings is 2. The second-order valence-corrected chi connectivity index (χ2v) is 32.4. The molecule has 0 amide bonds. The summed E-state index contributed by atoms with van der Waals surface area (Å²) in [5, 5.41) is 0. The van der Waals surface area contributed by atoms with Gasteiger partial charge >= 0.3 is 0 Å². The molecule has 2 unspecified atom stereocenters. The van der Waals surface area contributed by atoms with Crippen molar-refractivity contribution in [3.05, 3.63) is 48.5 Å². The van der Waals surface area contributed by atoms with Gasteiger partial charge in [0.2, 0.25) is 0 Å². The van der Waals surface area contributed by atoms with Gasteiger partial charge in [0.25, 0.3) is 15.8 Å². The summed E-state index contributed by atoms with van der Waals surface area (Å²) < 4.78 is 5.82. The first-order chi connectivity index (χ1) is 12.9. The maximum absolute atomic E-state index is 4.17. The van der Waals surface area contributed by atoms with Gasteiger partial charge in [0, 0.05) is 22.7 Å². The van der Waals surface area contributed by atoms with Crippen LogP contribution in [0.5, 0.6) is 0 Å². The Bertz CT molecular complexity index is 847. The average molecular weight is 443 g/mol. The molecule has 0 radical (unpaired) electrons. The summed E-state index contributed by atoms with van der Waals surface area (Å²) in [4.78, 5) is 8.33. The van der Waals surface area contributed by atoms with E-state index in [1.54, 1.807) is 0 Å². The molecule has 0 spiro atoms. The Balaban J connectivity index is 1.94. The van der Waals surface area contributed by atoms with E-state index in [1.165, 1.54) is 22.7 Å². The number of nitrogens with one attached hydrogen (secondary N) is 2. The molecule has 4 rings (SSSR count). The molecule has 0 aliphatic carbocycles. The fourth-order valence-corrected chi connectivity index (χ4v) is 38.3. The predicted octanol–water partition coefficient (Wildman–Crippen LogP) is 5.74. The number of hydrogen-bond acceptors (Lipinski definition) is 4. The molecular weight excluding hydrogens is 409 g/mol. The molecule has 2 aliphatic rings. The fraction of sp³-hybridized carbons (Fsp3) is 0.400. The van der Waals surface area contributed by atoms with E-state index >= 15 is 0 Å². The third kappa shape index (κ3) is 2.65. The number of fused-ring (bicyclic) bond motifs is 2. The Hall–Kier alpha value is -1.49. The average Bonchev–Trinajstić information content (AvgIpc) is 3.06. The van der Waals surface area contributed by atoms with E-state index in [9.17, 15) is 0 Å². The van der Waals surface area contributed by atoms with E-state index in [-0.39, 0.29) is 0 Å². The molecule has 2 aromatic carbocycles. The molecule has 0 aromatic heterocycles. The summed E-state index contributed by atoms with van der Waals surface area (Å²) in [6, 6.07) is 18.0. The lowest BCUT2D eigenvalue weighted by molar-refractivity contribution is 1.39. The van der Waals surface area contributed by atoms with Crippen LogP contribution in [0.15, 0.2) is 48.5 Å². The van der Waals surface area contributed by atoms with Gasteiger partial charge in [-0.1, -0.05) is 63.5 Å². The molecule has 0 bridgehead atoms. The molecule has 0 saturated carbocycles. The summed E-state index contributed by atoms with van der Waals surface area (Å²) in [6.07, 6.45) is 0. The summed E-state index contributed by atoms with van der Waals surface area (Å²) in [7, 11) is -7.37. The maximum Gasteiger partial charge on any atom is 0.283 e. The van der Waals surface area contributed by atoms with Crippen LogP contribution in [0.25, 0.3) is 0 Å². The van der Waals surface area contributed by atoms with Crippen molar-refractivity contribution in [3.63, 3.8) is 0 Å². The van der Waals surface area contributed by atoms with Crippen molar-refractivity contribution in [1.29, 1.82) is 0 Å². The highest BCUT2D eigenvalue weighted by Crippen LogP contribution is 2.50. The van der Waals surface area contributed by atoms with Crippen molar-refractivity contribution in [2.45, 2.75) is 52.4 Å². The zero-order chi connectivity index (χ0) is 20.5. The highest BCUT2D eigenvalue weighted by molar-refractivity contribution is 7.51. The smallest absolute Gasteiger partial charge is 0.283 e. The molecule has 2 N–H and O–H groups in total. The zero-order valence-corrected chi connectivity index (χ0v) is 22.5. The number of anilines is 4. The zero-order valence-electron chi connectivity index (χ0n) is 18.5. The van der Waals surface area contributed by atoms with Gasteiger partial charge in [-0.25, -0.2) is 0 Å². The van der Waals surface area contributed by atoms with Gasteiger partial charge in [-0.2, -0.15) is 0 Å². The number of nitrogens with zero attached hydrogens (tertiary/aromatic N) is 2. The van der Waals surface area contributed by atoms with E-state index in [0.29, 0.717) is 0 Å². The van der Waals surface area contributed by atoms with Crippen LogP contribution in [-0.4, -0.2) is 32.3 Å². The van der Waals surface area contributed by atoms with E-state index in [1.807, 2.05) is 0 Å². The minimum Gasteiger partial charge on any atom is -0.407 e. The Morgan fingerprint density at radius 3 is 1.25 bits per heavy atom. The molecule has 2 heterocycles. The van der Waals surface area contributed by atoms with E-state index in [4.69, 9.17) is 0 Å². The van der Waals surface area contributed by atoms with E-state index < -0.39 is 32.3 Å². The van der Waals surface area contributed by atoms with Crippen molar-refractivity contribution >= 4 is 55.0 Å². The number of hydrogen-bond donors (Lipinski definition) is 2. The first kappa shape index (κ1) is 19.8. The number of para-hydroxylation sites is 4. The van der Waals surface area contributed by atoms with Crippen molar-refractivity contribution in [3.8, 4) is 0 Å². The van der Waals surface area contributed by atoms with Crippen LogP contribution in [0, 0.1) is 0 Å². The van der Waals surface area contributed by atoms with Gasteiger partial charge < -0.3 is 18.4 Å². The summed E-state index contributed by atoms with van der Waals surface area (Å²) >= 11 is 0. The normalized spacial score (nSPS) is 26.6. The van der Waals surface area contributed by atoms with Gasteiger partial charge in [-0.15, -0.1) is 0 Å². The van der Waals surface area contributed by atoms with Crippen LogP contribution in [0.3, 0.4) is 0 Å². The first-order valence-corrected chi connectivity index (χ1v) is 23.0. The van der Waals surface area contributed by atoms with Gasteiger partial charge in [0.15, 0.2) is 0 Å². The molecule has 2 aliphatic heterocycles. The largest absolute Gasteiger partial charge is 0.407 e. The minimum atomic E-state index is -2.08. The summed E-state index contributed by atoms with van der Waals surface area (Å²) in [5.74, 6) is 0. The molecule has 8 heteroatoms. The second-order valence-electron chi connectivity index (χ2n) is 10.4. The predicted molar refractivity (Wildman–Crippen MR) is 135 cm³/mol. The first-order valence-electron chi connectivity index (χ1n) is 10.2. The van der Waals surface area contributed by atoms with Crippen molar-refractivity contribution < 1.29 is 0 Å².